The minimum absolute atomic E-state index is 0.521. The van der Waals surface area contributed by atoms with Crippen LogP contribution in [0.1, 0.15) is 24.8 Å². The first-order chi connectivity index (χ1) is 8.34. The summed E-state index contributed by atoms with van der Waals surface area (Å²) in [5.41, 5.74) is 7.97. The fourth-order valence-corrected chi connectivity index (χ4v) is 3.16. The highest BCUT2D eigenvalue weighted by Gasteiger charge is 2.14. The van der Waals surface area contributed by atoms with Crippen molar-refractivity contribution in [3.8, 4) is 0 Å². The van der Waals surface area contributed by atoms with Crippen LogP contribution in [0.2, 0.25) is 0 Å². The van der Waals surface area contributed by atoms with Crippen LogP contribution in [0.15, 0.2) is 24.3 Å². The van der Waals surface area contributed by atoms with Crippen molar-refractivity contribution in [1.29, 1.82) is 0 Å². The number of nitrogen functional groups attached to an aromatic ring is 1. The number of ether oxygens (including phenoxy) is 1. The topological polar surface area (TPSA) is 35.2 Å². The van der Waals surface area contributed by atoms with Gasteiger partial charge in [-0.05, 0) is 49.1 Å². The summed E-state index contributed by atoms with van der Waals surface area (Å²) in [6, 6.07) is 8.20. The molecule has 2 nitrogen and oxygen atoms in total. The molecule has 0 aromatic heterocycles. The van der Waals surface area contributed by atoms with E-state index in [0.29, 0.717) is 6.10 Å². The molecule has 1 aliphatic rings. The molecule has 2 N–H and O–H groups in total. The fourth-order valence-electron chi connectivity index (χ4n) is 2.12. The second-order valence-electron chi connectivity index (χ2n) is 4.56. The van der Waals surface area contributed by atoms with Crippen LogP contribution in [0.25, 0.3) is 0 Å². The molecule has 1 aliphatic heterocycles. The predicted molar refractivity (Wildman–Crippen MR) is 75.5 cm³/mol. The Morgan fingerprint density at radius 1 is 1.41 bits per heavy atom. The number of thioether (sulfide) groups is 1. The maximum atomic E-state index is 5.75. The SMILES string of the molecule is Nc1cccc(CCCSCC2CCCO2)c1. The van der Waals surface area contributed by atoms with Gasteiger partial charge in [0.1, 0.15) is 0 Å². The Balaban J connectivity index is 1.56. The molecule has 0 spiro atoms. The standard InChI is InChI=1S/C14H21NOS/c15-13-6-1-4-12(10-13)5-3-9-17-11-14-7-2-8-16-14/h1,4,6,10,14H,2-3,5,7-9,11,15H2. The van der Waals surface area contributed by atoms with Gasteiger partial charge in [-0.15, -0.1) is 0 Å². The molecule has 1 saturated heterocycles. The highest BCUT2D eigenvalue weighted by atomic mass is 32.2. The molecule has 1 heterocycles. The van der Waals surface area contributed by atoms with E-state index >= 15 is 0 Å². The average Bonchev–Trinajstić information content (AvgIpc) is 2.82. The molecule has 94 valence electrons. The van der Waals surface area contributed by atoms with Gasteiger partial charge in [0.25, 0.3) is 0 Å². The van der Waals surface area contributed by atoms with Gasteiger partial charge in [-0.25, -0.2) is 0 Å². The molecule has 0 radical (unpaired) electrons. The van der Waals surface area contributed by atoms with Gasteiger partial charge in [-0.3, -0.25) is 0 Å². The smallest absolute Gasteiger partial charge is 0.0666 e. The van der Waals surface area contributed by atoms with Crippen LogP contribution < -0.4 is 5.73 Å². The van der Waals surface area contributed by atoms with Crippen LogP contribution in [0.3, 0.4) is 0 Å². The average molecular weight is 251 g/mol. The third-order valence-corrected chi connectivity index (χ3v) is 4.22. The Labute approximate surface area is 108 Å². The first-order valence-corrected chi connectivity index (χ1v) is 7.54. The zero-order valence-electron chi connectivity index (χ0n) is 10.2. The Morgan fingerprint density at radius 2 is 2.35 bits per heavy atom. The van der Waals surface area contributed by atoms with Gasteiger partial charge in [-0.1, -0.05) is 12.1 Å². The molecule has 1 fully saturated rings. The lowest BCUT2D eigenvalue weighted by Crippen LogP contribution is -2.08. The first kappa shape index (κ1) is 12.8. The van der Waals surface area contributed by atoms with Crippen LogP contribution in [-0.2, 0) is 11.2 Å². The summed E-state index contributed by atoms with van der Waals surface area (Å²) in [5, 5.41) is 0. The van der Waals surface area contributed by atoms with Crippen LogP contribution in [0, 0.1) is 0 Å². The van der Waals surface area contributed by atoms with Crippen molar-refractivity contribution in [3.05, 3.63) is 29.8 Å². The Kier molecular flexibility index (Phi) is 5.20. The Bertz CT molecular complexity index is 337. The molecule has 0 aliphatic carbocycles. The molecule has 0 saturated carbocycles. The molecular formula is C14H21NOS. The molecule has 0 amide bonds. The lowest BCUT2D eigenvalue weighted by Gasteiger charge is -2.08. The lowest BCUT2D eigenvalue weighted by atomic mass is 10.1. The predicted octanol–water partition coefficient (Wildman–Crippen LogP) is 3.11. The van der Waals surface area contributed by atoms with Crippen molar-refractivity contribution in [3.63, 3.8) is 0 Å². The number of aryl methyl sites for hydroxylation is 1. The van der Waals surface area contributed by atoms with Gasteiger partial charge < -0.3 is 10.5 Å². The van der Waals surface area contributed by atoms with E-state index in [4.69, 9.17) is 10.5 Å². The van der Waals surface area contributed by atoms with Crippen molar-refractivity contribution in [2.45, 2.75) is 31.8 Å². The second kappa shape index (κ2) is 6.92. The van der Waals surface area contributed by atoms with Crippen LogP contribution in [0.4, 0.5) is 5.69 Å². The summed E-state index contributed by atoms with van der Waals surface area (Å²) in [4.78, 5) is 0. The van der Waals surface area contributed by atoms with Gasteiger partial charge in [-0.2, -0.15) is 11.8 Å². The minimum atomic E-state index is 0.521. The fraction of sp³-hybridized carbons (Fsp3) is 0.571. The number of hydrogen-bond acceptors (Lipinski definition) is 3. The molecule has 1 unspecified atom stereocenters. The summed E-state index contributed by atoms with van der Waals surface area (Å²) >= 11 is 2.02. The zero-order valence-corrected chi connectivity index (χ0v) is 11.0. The van der Waals surface area contributed by atoms with E-state index in [9.17, 15) is 0 Å². The molecule has 3 heteroatoms. The van der Waals surface area contributed by atoms with E-state index in [2.05, 4.69) is 12.1 Å². The van der Waals surface area contributed by atoms with Crippen molar-refractivity contribution < 1.29 is 4.74 Å². The van der Waals surface area contributed by atoms with Crippen molar-refractivity contribution in [2.24, 2.45) is 0 Å². The molecule has 2 rings (SSSR count). The molecule has 1 aromatic rings. The Morgan fingerprint density at radius 3 is 3.12 bits per heavy atom. The monoisotopic (exact) mass is 251 g/mol. The van der Waals surface area contributed by atoms with Gasteiger partial charge >= 0.3 is 0 Å². The minimum Gasteiger partial charge on any atom is -0.399 e. The highest BCUT2D eigenvalue weighted by molar-refractivity contribution is 7.99. The summed E-state index contributed by atoms with van der Waals surface area (Å²) < 4.78 is 5.60. The van der Waals surface area contributed by atoms with E-state index in [1.54, 1.807) is 0 Å². The van der Waals surface area contributed by atoms with Gasteiger partial charge in [0.2, 0.25) is 0 Å². The lowest BCUT2D eigenvalue weighted by molar-refractivity contribution is 0.129. The van der Waals surface area contributed by atoms with Crippen molar-refractivity contribution in [1.82, 2.24) is 0 Å². The van der Waals surface area contributed by atoms with Crippen LogP contribution >= 0.6 is 11.8 Å². The molecule has 17 heavy (non-hydrogen) atoms. The van der Waals surface area contributed by atoms with E-state index in [1.807, 2.05) is 23.9 Å². The summed E-state index contributed by atoms with van der Waals surface area (Å²) in [7, 11) is 0. The van der Waals surface area contributed by atoms with Crippen molar-refractivity contribution >= 4 is 17.4 Å². The third kappa shape index (κ3) is 4.60. The summed E-state index contributed by atoms with van der Waals surface area (Å²) in [5.74, 6) is 2.38. The van der Waals surface area contributed by atoms with Crippen LogP contribution in [-0.4, -0.2) is 24.2 Å². The maximum Gasteiger partial charge on any atom is 0.0666 e. The van der Waals surface area contributed by atoms with E-state index in [1.165, 1.54) is 30.6 Å². The quantitative estimate of drug-likeness (QED) is 0.623. The first-order valence-electron chi connectivity index (χ1n) is 6.38. The second-order valence-corrected chi connectivity index (χ2v) is 5.71. The summed E-state index contributed by atoms with van der Waals surface area (Å²) in [6.45, 7) is 0.967. The Hall–Kier alpha value is -0.670. The van der Waals surface area contributed by atoms with Gasteiger partial charge in [0.15, 0.2) is 0 Å². The number of hydrogen-bond donors (Lipinski definition) is 1. The van der Waals surface area contributed by atoms with Gasteiger partial charge in [0, 0.05) is 18.0 Å². The maximum absolute atomic E-state index is 5.75. The van der Waals surface area contributed by atoms with Gasteiger partial charge in [0.05, 0.1) is 6.10 Å². The molecular weight excluding hydrogens is 230 g/mol. The molecule has 1 aromatic carbocycles. The zero-order chi connectivity index (χ0) is 11.9. The third-order valence-electron chi connectivity index (χ3n) is 3.03. The molecule has 1 atom stereocenters. The summed E-state index contributed by atoms with van der Waals surface area (Å²) in [6.07, 6.45) is 5.37. The number of nitrogens with two attached hydrogens (primary N) is 1. The van der Waals surface area contributed by atoms with E-state index < -0.39 is 0 Å². The number of anilines is 1. The van der Waals surface area contributed by atoms with Crippen LogP contribution in [0.5, 0.6) is 0 Å². The van der Waals surface area contributed by atoms with Crippen molar-refractivity contribution in [2.75, 3.05) is 23.8 Å². The largest absolute Gasteiger partial charge is 0.399 e. The normalized spacial score (nSPS) is 19.6. The van der Waals surface area contributed by atoms with E-state index in [-0.39, 0.29) is 0 Å². The molecule has 0 bridgehead atoms. The number of rotatable bonds is 6. The highest BCUT2D eigenvalue weighted by Crippen LogP contribution is 2.18. The number of benzene rings is 1. The van der Waals surface area contributed by atoms with E-state index in [0.717, 1.165) is 24.5 Å².